The number of hydrogen-bond acceptors (Lipinski definition) is 4. The van der Waals surface area contributed by atoms with Gasteiger partial charge in [0.05, 0.1) is 22.9 Å². The number of para-hydroxylation sites is 2. The average Bonchev–Trinajstić information content (AvgIpc) is 3.32. The van der Waals surface area contributed by atoms with E-state index in [9.17, 15) is 4.79 Å². The van der Waals surface area contributed by atoms with Crippen LogP contribution in [-0.2, 0) is 0 Å². The van der Waals surface area contributed by atoms with Crippen molar-refractivity contribution in [3.05, 3.63) is 60.3 Å². The highest BCUT2D eigenvalue weighted by Gasteiger charge is 2.39. The Morgan fingerprint density at radius 3 is 2.58 bits per heavy atom. The topological polar surface area (TPSA) is 59.3 Å². The van der Waals surface area contributed by atoms with Gasteiger partial charge in [-0.05, 0) is 36.3 Å². The molecule has 1 aliphatic carbocycles. The normalized spacial score (nSPS) is 15.0. The van der Waals surface area contributed by atoms with E-state index in [-0.39, 0.29) is 11.2 Å². The molecule has 5 nitrogen and oxygen atoms in total. The van der Waals surface area contributed by atoms with Crippen molar-refractivity contribution in [2.45, 2.75) is 40.0 Å². The summed E-state index contributed by atoms with van der Waals surface area (Å²) in [4.78, 5) is 22.2. The van der Waals surface area contributed by atoms with Crippen LogP contribution >= 0.6 is 0 Å². The second kappa shape index (κ2) is 7.49. The molecule has 1 saturated carbocycles. The molecule has 0 aliphatic heterocycles. The monoisotopic (exact) mass is 412 g/mol. The molecule has 0 saturated heterocycles. The second-order valence-corrected chi connectivity index (χ2v) is 9.51. The number of nitrogens with zero attached hydrogens (tertiary/aromatic N) is 3. The summed E-state index contributed by atoms with van der Waals surface area (Å²) in [5.74, 6) is 1.54. The van der Waals surface area contributed by atoms with Crippen LogP contribution in [0, 0.1) is 11.3 Å². The van der Waals surface area contributed by atoms with Gasteiger partial charge in [-0.15, -0.1) is 0 Å². The molecule has 4 aromatic rings. The van der Waals surface area contributed by atoms with Crippen molar-refractivity contribution in [1.29, 1.82) is 0 Å². The van der Waals surface area contributed by atoms with E-state index >= 15 is 0 Å². The van der Waals surface area contributed by atoms with Crippen molar-refractivity contribution in [3.8, 4) is 11.3 Å². The zero-order valence-corrected chi connectivity index (χ0v) is 18.4. The number of ketones is 1. The number of anilines is 1. The molecule has 0 spiro atoms. The Kier molecular flexibility index (Phi) is 4.77. The fourth-order valence-corrected chi connectivity index (χ4v) is 4.01. The first-order chi connectivity index (χ1) is 14.9. The lowest BCUT2D eigenvalue weighted by molar-refractivity contribution is 0.0959. The smallest absolute Gasteiger partial charge is 0.181 e. The van der Waals surface area contributed by atoms with Crippen LogP contribution in [0.15, 0.2) is 54.7 Å². The Morgan fingerprint density at radius 2 is 1.87 bits per heavy atom. The summed E-state index contributed by atoms with van der Waals surface area (Å²) in [6.07, 6.45) is 4.86. The summed E-state index contributed by atoms with van der Waals surface area (Å²) >= 11 is 0. The molecule has 1 aliphatic rings. The third-order valence-corrected chi connectivity index (χ3v) is 6.20. The van der Waals surface area contributed by atoms with Crippen LogP contribution < -0.4 is 5.32 Å². The van der Waals surface area contributed by atoms with Crippen LogP contribution in [0.3, 0.4) is 0 Å². The maximum Gasteiger partial charge on any atom is 0.181 e. The van der Waals surface area contributed by atoms with Crippen molar-refractivity contribution >= 4 is 28.3 Å². The molecule has 2 aromatic heterocycles. The molecule has 1 fully saturated rings. The average molecular weight is 413 g/mol. The number of benzene rings is 2. The van der Waals surface area contributed by atoms with Crippen molar-refractivity contribution in [2.24, 2.45) is 11.3 Å². The first-order valence-electron chi connectivity index (χ1n) is 11.1. The van der Waals surface area contributed by atoms with Crippen LogP contribution in [0.25, 0.3) is 27.9 Å². The summed E-state index contributed by atoms with van der Waals surface area (Å²) < 4.78 is 2.16. The highest BCUT2D eigenvalue weighted by atomic mass is 16.1. The molecule has 0 atom stereocenters. The van der Waals surface area contributed by atoms with Crippen LogP contribution in [0.4, 0.5) is 5.82 Å². The van der Waals surface area contributed by atoms with E-state index in [0.29, 0.717) is 12.3 Å². The number of carbonyl (C=O) groups is 1. The molecular formula is C26H28N4O. The number of fused-ring (bicyclic) bond motifs is 3. The minimum absolute atomic E-state index is 0.225. The second-order valence-electron chi connectivity index (χ2n) is 9.51. The number of imidazole rings is 1. The first-order valence-corrected chi connectivity index (χ1v) is 11.1. The largest absolute Gasteiger partial charge is 0.367 e. The summed E-state index contributed by atoms with van der Waals surface area (Å²) in [6.45, 7) is 7.38. The van der Waals surface area contributed by atoms with Gasteiger partial charge >= 0.3 is 0 Å². The standard InChI is InChI=1S/C26H28N4O/c1-17(2)15-27-24-25-28-16-22(30(25)21-7-5-4-6-20(21)29-24)18-8-10-19(11-9-18)23(31)14-26(3)12-13-26/h4-11,16-17H,12-15H2,1-3H3,(H,27,29). The Hall–Kier alpha value is -3.21. The van der Waals surface area contributed by atoms with E-state index < -0.39 is 0 Å². The van der Waals surface area contributed by atoms with Gasteiger partial charge in [0, 0.05) is 24.1 Å². The van der Waals surface area contributed by atoms with E-state index in [1.54, 1.807) is 0 Å². The lowest BCUT2D eigenvalue weighted by Gasteiger charge is -2.13. The summed E-state index contributed by atoms with van der Waals surface area (Å²) in [7, 11) is 0. The summed E-state index contributed by atoms with van der Waals surface area (Å²) in [6, 6.07) is 16.1. The van der Waals surface area contributed by atoms with Gasteiger partial charge in [0.15, 0.2) is 17.2 Å². The number of carbonyl (C=O) groups excluding carboxylic acids is 1. The third kappa shape index (κ3) is 3.80. The molecule has 0 radical (unpaired) electrons. The van der Waals surface area contributed by atoms with E-state index in [1.807, 2.05) is 48.7 Å². The Bertz CT molecular complexity index is 1270. The molecule has 0 bridgehead atoms. The van der Waals surface area contributed by atoms with Gasteiger partial charge in [-0.2, -0.15) is 0 Å². The molecular weight excluding hydrogens is 384 g/mol. The number of rotatable bonds is 7. The van der Waals surface area contributed by atoms with Crippen LogP contribution in [0.5, 0.6) is 0 Å². The lowest BCUT2D eigenvalue weighted by atomic mass is 9.97. The van der Waals surface area contributed by atoms with E-state index in [2.05, 4.69) is 36.6 Å². The SMILES string of the molecule is CC(C)CNc1nc2ccccc2n2c(-c3ccc(C(=O)CC4(C)CC4)cc3)cnc12. The van der Waals surface area contributed by atoms with E-state index in [0.717, 1.165) is 58.7 Å². The predicted octanol–water partition coefficient (Wildman–Crippen LogP) is 5.99. The van der Waals surface area contributed by atoms with Gasteiger partial charge in [0.25, 0.3) is 0 Å². The van der Waals surface area contributed by atoms with E-state index in [1.165, 1.54) is 0 Å². The van der Waals surface area contributed by atoms with Crippen molar-refractivity contribution < 1.29 is 4.79 Å². The maximum atomic E-state index is 12.6. The third-order valence-electron chi connectivity index (χ3n) is 6.20. The number of hydrogen-bond donors (Lipinski definition) is 1. The number of Topliss-reactive ketones (excluding diaryl/α,β-unsaturated/α-hetero) is 1. The highest BCUT2D eigenvalue weighted by Crippen LogP contribution is 2.48. The zero-order chi connectivity index (χ0) is 21.6. The minimum atomic E-state index is 0.225. The van der Waals surface area contributed by atoms with Crippen molar-refractivity contribution in [2.75, 3.05) is 11.9 Å². The van der Waals surface area contributed by atoms with Crippen molar-refractivity contribution in [1.82, 2.24) is 14.4 Å². The van der Waals surface area contributed by atoms with Gasteiger partial charge in [-0.25, -0.2) is 9.97 Å². The molecule has 0 amide bonds. The first kappa shape index (κ1) is 19.7. The minimum Gasteiger partial charge on any atom is -0.367 e. The lowest BCUT2D eigenvalue weighted by Crippen LogP contribution is -2.11. The van der Waals surface area contributed by atoms with Gasteiger partial charge in [-0.1, -0.05) is 57.2 Å². The zero-order valence-electron chi connectivity index (χ0n) is 18.4. The highest BCUT2D eigenvalue weighted by molar-refractivity contribution is 5.97. The Morgan fingerprint density at radius 1 is 1.13 bits per heavy atom. The van der Waals surface area contributed by atoms with Crippen LogP contribution in [0.2, 0.25) is 0 Å². The van der Waals surface area contributed by atoms with Crippen LogP contribution in [-0.4, -0.2) is 26.7 Å². The molecule has 31 heavy (non-hydrogen) atoms. The van der Waals surface area contributed by atoms with Gasteiger partial charge < -0.3 is 5.32 Å². The number of nitrogens with one attached hydrogen (secondary N) is 1. The molecule has 158 valence electrons. The maximum absolute atomic E-state index is 12.6. The fourth-order valence-electron chi connectivity index (χ4n) is 4.01. The van der Waals surface area contributed by atoms with E-state index in [4.69, 9.17) is 9.97 Å². The molecule has 5 rings (SSSR count). The Balaban J connectivity index is 1.56. The Labute approximate surface area is 182 Å². The summed E-state index contributed by atoms with van der Waals surface area (Å²) in [5, 5.41) is 3.46. The van der Waals surface area contributed by atoms with Gasteiger partial charge in [-0.3, -0.25) is 9.20 Å². The molecule has 5 heteroatoms. The fraction of sp³-hybridized carbons (Fsp3) is 0.346. The molecule has 1 N–H and O–H groups in total. The molecule has 2 heterocycles. The predicted molar refractivity (Wildman–Crippen MR) is 126 cm³/mol. The molecule has 0 unspecified atom stereocenters. The number of aromatic nitrogens is 3. The molecule has 2 aromatic carbocycles. The van der Waals surface area contributed by atoms with Crippen LogP contribution in [0.1, 0.15) is 50.4 Å². The van der Waals surface area contributed by atoms with Gasteiger partial charge in [0.1, 0.15) is 0 Å². The quantitative estimate of drug-likeness (QED) is 0.379. The van der Waals surface area contributed by atoms with Crippen molar-refractivity contribution in [3.63, 3.8) is 0 Å². The van der Waals surface area contributed by atoms with Gasteiger partial charge in [0.2, 0.25) is 0 Å². The summed E-state index contributed by atoms with van der Waals surface area (Å²) in [5.41, 5.74) is 5.80.